The fourth-order valence-electron chi connectivity index (χ4n) is 4.27. The quantitative estimate of drug-likeness (QED) is 0.612. The maximum Gasteiger partial charge on any atom is 0.309 e. The lowest BCUT2D eigenvalue weighted by atomic mass is 9.99. The van der Waals surface area contributed by atoms with Crippen LogP contribution in [0.15, 0.2) is 64.2 Å². The van der Waals surface area contributed by atoms with Crippen molar-refractivity contribution in [3.05, 3.63) is 71.6 Å². The zero-order valence-corrected chi connectivity index (χ0v) is 17.9. The molecule has 1 aromatic heterocycles. The highest BCUT2D eigenvalue weighted by molar-refractivity contribution is 5.98. The maximum absolute atomic E-state index is 10.9. The Balaban J connectivity index is 1.25. The molecule has 1 fully saturated rings. The van der Waals surface area contributed by atoms with Crippen molar-refractivity contribution < 1.29 is 14.4 Å². The van der Waals surface area contributed by atoms with E-state index in [4.69, 9.17) is 14.7 Å². The average Bonchev–Trinajstić information content (AvgIpc) is 3.44. The molecule has 1 unspecified atom stereocenters. The standard InChI is InChI=1S/C24H25N5O3/c1-2-29-21(17-6-4-3-5-7-17)12-20(26-29)23-25-22(27-32-23)18-10-8-16(9-11-18)13-28-14-19(15-28)24(30)31/h3-11,19,21H,2,12-15H2,1H3,(H,30,31). The molecule has 32 heavy (non-hydrogen) atoms. The predicted molar refractivity (Wildman–Crippen MR) is 119 cm³/mol. The van der Waals surface area contributed by atoms with Crippen LogP contribution in [-0.4, -0.2) is 56.5 Å². The van der Waals surface area contributed by atoms with E-state index in [1.807, 2.05) is 42.5 Å². The van der Waals surface area contributed by atoms with Gasteiger partial charge in [-0.25, -0.2) is 0 Å². The Labute approximate surface area is 186 Å². The van der Waals surface area contributed by atoms with Gasteiger partial charge in [-0.15, -0.1) is 0 Å². The topological polar surface area (TPSA) is 95.1 Å². The van der Waals surface area contributed by atoms with Gasteiger partial charge < -0.3 is 9.63 Å². The molecule has 164 valence electrons. The number of aromatic nitrogens is 2. The second-order valence-corrected chi connectivity index (χ2v) is 8.28. The molecular formula is C24H25N5O3. The van der Waals surface area contributed by atoms with E-state index >= 15 is 0 Å². The summed E-state index contributed by atoms with van der Waals surface area (Å²) in [5.41, 5.74) is 4.04. The van der Waals surface area contributed by atoms with Crippen LogP contribution in [0.5, 0.6) is 0 Å². The summed E-state index contributed by atoms with van der Waals surface area (Å²) >= 11 is 0. The number of aliphatic carboxylic acids is 1. The Morgan fingerprint density at radius 2 is 1.88 bits per heavy atom. The first-order valence-corrected chi connectivity index (χ1v) is 10.9. The Kier molecular flexibility index (Phi) is 5.45. The molecule has 2 aliphatic heterocycles. The van der Waals surface area contributed by atoms with Crippen LogP contribution in [-0.2, 0) is 11.3 Å². The summed E-state index contributed by atoms with van der Waals surface area (Å²) in [5, 5.41) is 20.0. The summed E-state index contributed by atoms with van der Waals surface area (Å²) in [6.07, 6.45) is 0.728. The lowest BCUT2D eigenvalue weighted by Crippen LogP contribution is -2.49. The normalized spacial score (nSPS) is 19.1. The van der Waals surface area contributed by atoms with Gasteiger partial charge in [0, 0.05) is 38.2 Å². The molecule has 0 radical (unpaired) electrons. The van der Waals surface area contributed by atoms with Gasteiger partial charge >= 0.3 is 5.97 Å². The monoisotopic (exact) mass is 431 g/mol. The molecule has 1 atom stereocenters. The van der Waals surface area contributed by atoms with Crippen molar-refractivity contribution in [2.24, 2.45) is 11.0 Å². The molecule has 8 nitrogen and oxygen atoms in total. The molecule has 0 saturated carbocycles. The lowest BCUT2D eigenvalue weighted by molar-refractivity contribution is -0.147. The third-order valence-electron chi connectivity index (χ3n) is 6.10. The summed E-state index contributed by atoms with van der Waals surface area (Å²) < 4.78 is 5.55. The van der Waals surface area contributed by atoms with Crippen LogP contribution in [0.4, 0.5) is 0 Å². The molecular weight excluding hydrogens is 406 g/mol. The van der Waals surface area contributed by atoms with Crippen molar-refractivity contribution in [3.63, 3.8) is 0 Å². The predicted octanol–water partition coefficient (Wildman–Crippen LogP) is 3.42. The highest BCUT2D eigenvalue weighted by atomic mass is 16.5. The third kappa shape index (κ3) is 4.01. The van der Waals surface area contributed by atoms with Crippen molar-refractivity contribution in [1.29, 1.82) is 0 Å². The molecule has 1 saturated heterocycles. The van der Waals surface area contributed by atoms with Gasteiger partial charge in [-0.3, -0.25) is 14.7 Å². The van der Waals surface area contributed by atoms with Crippen LogP contribution in [0, 0.1) is 5.92 Å². The largest absolute Gasteiger partial charge is 0.481 e. The zero-order valence-electron chi connectivity index (χ0n) is 17.9. The van der Waals surface area contributed by atoms with E-state index in [9.17, 15) is 4.79 Å². The Morgan fingerprint density at radius 1 is 1.12 bits per heavy atom. The SMILES string of the molecule is CCN1N=C(c2nc(-c3ccc(CN4CC(C(=O)O)C4)cc3)no2)CC1c1ccccc1. The molecule has 3 aromatic rings. The second kappa shape index (κ2) is 8.55. The number of hydrogen-bond donors (Lipinski definition) is 1. The van der Waals surface area contributed by atoms with Crippen LogP contribution in [0.3, 0.4) is 0 Å². The minimum Gasteiger partial charge on any atom is -0.481 e. The summed E-state index contributed by atoms with van der Waals surface area (Å²) in [6, 6.07) is 18.5. The number of likely N-dealkylation sites (tertiary alicyclic amines) is 1. The fraction of sp³-hybridized carbons (Fsp3) is 0.333. The molecule has 0 amide bonds. The van der Waals surface area contributed by atoms with Gasteiger partial charge in [0.2, 0.25) is 5.82 Å². The molecule has 0 aliphatic carbocycles. The fourth-order valence-corrected chi connectivity index (χ4v) is 4.27. The Morgan fingerprint density at radius 3 is 2.56 bits per heavy atom. The van der Waals surface area contributed by atoms with Crippen molar-refractivity contribution in [1.82, 2.24) is 20.0 Å². The van der Waals surface area contributed by atoms with E-state index in [0.29, 0.717) is 24.8 Å². The highest BCUT2D eigenvalue weighted by Crippen LogP contribution is 2.32. The highest BCUT2D eigenvalue weighted by Gasteiger charge is 2.32. The van der Waals surface area contributed by atoms with E-state index in [-0.39, 0.29) is 12.0 Å². The molecule has 5 rings (SSSR count). The molecule has 2 aromatic carbocycles. The van der Waals surface area contributed by atoms with Gasteiger partial charge in [0.15, 0.2) is 0 Å². The van der Waals surface area contributed by atoms with Gasteiger partial charge in [-0.1, -0.05) is 59.8 Å². The first-order chi connectivity index (χ1) is 15.6. The number of carboxylic acid groups (broad SMARTS) is 1. The van der Waals surface area contributed by atoms with E-state index in [1.165, 1.54) is 5.56 Å². The third-order valence-corrected chi connectivity index (χ3v) is 6.10. The minimum atomic E-state index is -0.714. The number of nitrogens with zero attached hydrogens (tertiary/aromatic N) is 5. The minimum absolute atomic E-state index is 0.174. The van der Waals surface area contributed by atoms with E-state index < -0.39 is 5.97 Å². The van der Waals surface area contributed by atoms with Crippen LogP contribution in [0.25, 0.3) is 11.4 Å². The number of carbonyl (C=O) groups is 1. The van der Waals surface area contributed by atoms with Gasteiger partial charge in [-0.05, 0) is 18.1 Å². The Hall–Kier alpha value is -3.52. The van der Waals surface area contributed by atoms with Gasteiger partial charge in [0.25, 0.3) is 5.89 Å². The van der Waals surface area contributed by atoms with E-state index in [0.717, 1.165) is 36.3 Å². The van der Waals surface area contributed by atoms with Crippen molar-refractivity contribution in [2.45, 2.75) is 25.9 Å². The smallest absolute Gasteiger partial charge is 0.309 e. The number of carboxylic acids is 1. The van der Waals surface area contributed by atoms with Gasteiger partial charge in [0.1, 0.15) is 5.71 Å². The van der Waals surface area contributed by atoms with Gasteiger partial charge in [0.05, 0.1) is 12.0 Å². The van der Waals surface area contributed by atoms with E-state index in [1.54, 1.807) is 0 Å². The maximum atomic E-state index is 10.9. The first kappa shape index (κ1) is 20.4. The van der Waals surface area contributed by atoms with Crippen molar-refractivity contribution in [2.75, 3.05) is 19.6 Å². The van der Waals surface area contributed by atoms with Crippen LogP contribution in [0.1, 0.15) is 36.4 Å². The lowest BCUT2D eigenvalue weighted by Gasteiger charge is -2.36. The molecule has 0 spiro atoms. The van der Waals surface area contributed by atoms with Crippen LogP contribution < -0.4 is 0 Å². The number of rotatable bonds is 7. The first-order valence-electron chi connectivity index (χ1n) is 10.9. The number of hydrazone groups is 1. The molecule has 2 aliphatic rings. The van der Waals surface area contributed by atoms with Gasteiger partial charge in [-0.2, -0.15) is 10.1 Å². The second-order valence-electron chi connectivity index (χ2n) is 8.28. The van der Waals surface area contributed by atoms with E-state index in [2.05, 4.69) is 39.1 Å². The molecule has 1 N–H and O–H groups in total. The molecule has 0 bridgehead atoms. The summed E-state index contributed by atoms with van der Waals surface area (Å²) in [7, 11) is 0. The number of benzene rings is 2. The Bertz CT molecular complexity index is 1120. The number of hydrogen-bond acceptors (Lipinski definition) is 7. The summed E-state index contributed by atoms with van der Waals surface area (Å²) in [4.78, 5) is 17.7. The zero-order chi connectivity index (χ0) is 22.1. The summed E-state index contributed by atoms with van der Waals surface area (Å²) in [6.45, 7) is 4.84. The van der Waals surface area contributed by atoms with Crippen LogP contribution >= 0.6 is 0 Å². The molecule has 3 heterocycles. The van der Waals surface area contributed by atoms with Crippen LogP contribution in [0.2, 0.25) is 0 Å². The molecule has 8 heteroatoms. The van der Waals surface area contributed by atoms with Crippen molar-refractivity contribution >= 4 is 11.7 Å². The average molecular weight is 431 g/mol. The summed E-state index contributed by atoms with van der Waals surface area (Å²) in [5.74, 6) is 0.0424. The van der Waals surface area contributed by atoms with Crippen molar-refractivity contribution in [3.8, 4) is 11.4 Å².